The third-order valence-electron chi connectivity index (χ3n) is 4.93. The van der Waals surface area contributed by atoms with Crippen LogP contribution in [0.4, 0.5) is 5.69 Å². The predicted molar refractivity (Wildman–Crippen MR) is 103 cm³/mol. The number of likely N-dealkylation sites (tertiary alicyclic amines) is 1. The number of methoxy groups -OCH3 is 2. The van der Waals surface area contributed by atoms with Gasteiger partial charge in [0, 0.05) is 17.3 Å². The number of aryl methyl sites for hydroxylation is 1. The lowest BCUT2D eigenvalue weighted by Gasteiger charge is -2.26. The molecule has 5 nitrogen and oxygen atoms in total. The van der Waals surface area contributed by atoms with Crippen LogP contribution < -0.4 is 14.8 Å². The fourth-order valence-corrected chi connectivity index (χ4v) is 3.55. The van der Waals surface area contributed by atoms with E-state index in [9.17, 15) is 4.79 Å². The highest BCUT2D eigenvalue weighted by molar-refractivity contribution is 5.93. The van der Waals surface area contributed by atoms with Gasteiger partial charge in [-0.2, -0.15) is 0 Å². The standard InChI is InChI=1S/C21H26N2O3/c1-15-7-4-5-8-18(15)22-21(24)14-23-12-6-9-19(23)17-13-16(25-2)10-11-20(17)26-3/h4-5,7-8,10-11,13,19H,6,9,12,14H2,1-3H3,(H,22,24). The molecule has 0 aliphatic carbocycles. The number of amides is 1. The van der Waals surface area contributed by atoms with Crippen LogP contribution in [-0.2, 0) is 4.79 Å². The Labute approximate surface area is 154 Å². The number of benzene rings is 2. The molecule has 1 N–H and O–H groups in total. The number of carbonyl (C=O) groups excluding carboxylic acids is 1. The first-order valence-electron chi connectivity index (χ1n) is 8.94. The first kappa shape index (κ1) is 18.3. The van der Waals surface area contributed by atoms with Crippen LogP contribution in [0.25, 0.3) is 0 Å². The van der Waals surface area contributed by atoms with Crippen LogP contribution in [-0.4, -0.2) is 38.1 Å². The number of hydrogen-bond donors (Lipinski definition) is 1. The van der Waals surface area contributed by atoms with E-state index in [1.54, 1.807) is 14.2 Å². The van der Waals surface area contributed by atoms with Crippen molar-refractivity contribution in [3.63, 3.8) is 0 Å². The second-order valence-electron chi connectivity index (χ2n) is 6.60. The lowest BCUT2D eigenvalue weighted by atomic mass is 10.0. The van der Waals surface area contributed by atoms with Crippen LogP contribution in [0.5, 0.6) is 11.5 Å². The van der Waals surface area contributed by atoms with Crippen molar-refractivity contribution in [3.8, 4) is 11.5 Å². The van der Waals surface area contributed by atoms with Gasteiger partial charge in [-0.1, -0.05) is 18.2 Å². The summed E-state index contributed by atoms with van der Waals surface area (Å²) in [5.41, 5.74) is 3.01. The molecule has 138 valence electrons. The van der Waals surface area contributed by atoms with Crippen molar-refractivity contribution >= 4 is 11.6 Å². The molecule has 1 aliphatic heterocycles. The van der Waals surface area contributed by atoms with Gasteiger partial charge in [0.25, 0.3) is 0 Å². The maximum atomic E-state index is 12.6. The molecule has 1 aliphatic rings. The quantitative estimate of drug-likeness (QED) is 0.857. The Hall–Kier alpha value is -2.53. The smallest absolute Gasteiger partial charge is 0.238 e. The third kappa shape index (κ3) is 3.99. The predicted octanol–water partition coefficient (Wildman–Crippen LogP) is 3.79. The molecule has 5 heteroatoms. The number of rotatable bonds is 6. The van der Waals surface area contributed by atoms with E-state index in [-0.39, 0.29) is 11.9 Å². The average molecular weight is 354 g/mol. The molecule has 1 heterocycles. The Kier molecular flexibility index (Phi) is 5.78. The van der Waals surface area contributed by atoms with Gasteiger partial charge < -0.3 is 14.8 Å². The van der Waals surface area contributed by atoms with Crippen LogP contribution in [0, 0.1) is 6.92 Å². The monoisotopic (exact) mass is 354 g/mol. The van der Waals surface area contributed by atoms with E-state index in [0.29, 0.717) is 6.54 Å². The van der Waals surface area contributed by atoms with Gasteiger partial charge in [-0.05, 0) is 56.1 Å². The first-order chi connectivity index (χ1) is 12.6. The Balaban J connectivity index is 1.74. The molecule has 1 amide bonds. The summed E-state index contributed by atoms with van der Waals surface area (Å²) < 4.78 is 10.9. The molecule has 1 fully saturated rings. The number of carbonyl (C=O) groups is 1. The molecule has 0 bridgehead atoms. The number of ether oxygens (including phenoxy) is 2. The summed E-state index contributed by atoms with van der Waals surface area (Å²) in [7, 11) is 3.34. The number of hydrogen-bond acceptors (Lipinski definition) is 4. The molecule has 1 saturated heterocycles. The minimum absolute atomic E-state index is 0.00747. The molecule has 1 atom stereocenters. The highest BCUT2D eigenvalue weighted by atomic mass is 16.5. The lowest BCUT2D eigenvalue weighted by molar-refractivity contribution is -0.117. The van der Waals surface area contributed by atoms with Crippen molar-refractivity contribution in [2.45, 2.75) is 25.8 Å². The zero-order chi connectivity index (χ0) is 18.5. The zero-order valence-corrected chi connectivity index (χ0v) is 15.6. The van der Waals surface area contributed by atoms with Gasteiger partial charge in [0.2, 0.25) is 5.91 Å². The molecule has 2 aromatic carbocycles. The summed E-state index contributed by atoms with van der Waals surface area (Å²) >= 11 is 0. The van der Waals surface area contributed by atoms with Crippen LogP contribution in [0.15, 0.2) is 42.5 Å². The number of anilines is 1. The van der Waals surface area contributed by atoms with Crippen LogP contribution >= 0.6 is 0 Å². The van der Waals surface area contributed by atoms with Crippen molar-refractivity contribution in [2.75, 3.05) is 32.6 Å². The van der Waals surface area contributed by atoms with E-state index in [2.05, 4.69) is 10.2 Å². The van der Waals surface area contributed by atoms with Crippen molar-refractivity contribution < 1.29 is 14.3 Å². The SMILES string of the molecule is COc1ccc(OC)c(C2CCCN2CC(=O)Nc2ccccc2C)c1. The Morgan fingerprint density at radius 3 is 2.73 bits per heavy atom. The van der Waals surface area contributed by atoms with Gasteiger partial charge in [0.15, 0.2) is 0 Å². The maximum Gasteiger partial charge on any atom is 0.238 e. The maximum absolute atomic E-state index is 12.6. The molecule has 3 rings (SSSR count). The van der Waals surface area contributed by atoms with E-state index in [4.69, 9.17) is 9.47 Å². The fraction of sp³-hybridized carbons (Fsp3) is 0.381. The molecule has 0 radical (unpaired) electrons. The van der Waals surface area contributed by atoms with E-state index < -0.39 is 0 Å². The average Bonchev–Trinajstić information content (AvgIpc) is 3.10. The van der Waals surface area contributed by atoms with Crippen LogP contribution in [0.3, 0.4) is 0 Å². The highest BCUT2D eigenvalue weighted by Crippen LogP contribution is 2.38. The van der Waals surface area contributed by atoms with Gasteiger partial charge in [-0.25, -0.2) is 0 Å². The molecule has 0 aromatic heterocycles. The highest BCUT2D eigenvalue weighted by Gasteiger charge is 2.30. The third-order valence-corrected chi connectivity index (χ3v) is 4.93. The Morgan fingerprint density at radius 1 is 1.19 bits per heavy atom. The second-order valence-corrected chi connectivity index (χ2v) is 6.60. The molecule has 2 aromatic rings. The molecule has 26 heavy (non-hydrogen) atoms. The fourth-order valence-electron chi connectivity index (χ4n) is 3.55. The summed E-state index contributed by atoms with van der Waals surface area (Å²) in [4.78, 5) is 14.8. The molecular weight excluding hydrogens is 328 g/mol. The van der Waals surface area contributed by atoms with Crippen LogP contribution in [0.2, 0.25) is 0 Å². The Bertz CT molecular complexity index is 776. The molecule has 0 saturated carbocycles. The summed E-state index contributed by atoms with van der Waals surface area (Å²) in [6, 6.07) is 13.8. The van der Waals surface area contributed by atoms with Gasteiger partial charge in [-0.3, -0.25) is 9.69 Å². The Morgan fingerprint density at radius 2 is 2.00 bits per heavy atom. The van der Waals surface area contributed by atoms with E-state index in [0.717, 1.165) is 47.7 Å². The summed E-state index contributed by atoms with van der Waals surface area (Å²) in [5, 5.41) is 3.02. The largest absolute Gasteiger partial charge is 0.497 e. The van der Waals surface area contributed by atoms with Gasteiger partial charge in [0.05, 0.1) is 20.8 Å². The minimum Gasteiger partial charge on any atom is -0.497 e. The van der Waals surface area contributed by atoms with E-state index in [1.807, 2.05) is 49.4 Å². The number of para-hydroxylation sites is 1. The summed E-state index contributed by atoms with van der Waals surface area (Å²) in [6.07, 6.45) is 2.06. The number of nitrogens with one attached hydrogen (secondary N) is 1. The van der Waals surface area contributed by atoms with Crippen molar-refractivity contribution in [3.05, 3.63) is 53.6 Å². The molecular formula is C21H26N2O3. The van der Waals surface area contributed by atoms with Gasteiger partial charge in [0.1, 0.15) is 11.5 Å². The van der Waals surface area contributed by atoms with Crippen LogP contribution in [0.1, 0.15) is 30.0 Å². The summed E-state index contributed by atoms with van der Waals surface area (Å²) in [6.45, 7) is 3.25. The van der Waals surface area contributed by atoms with Crippen molar-refractivity contribution in [2.24, 2.45) is 0 Å². The van der Waals surface area contributed by atoms with Gasteiger partial charge >= 0.3 is 0 Å². The second kappa shape index (κ2) is 8.23. The van der Waals surface area contributed by atoms with Crippen molar-refractivity contribution in [1.82, 2.24) is 4.90 Å². The first-order valence-corrected chi connectivity index (χ1v) is 8.94. The van der Waals surface area contributed by atoms with E-state index >= 15 is 0 Å². The summed E-state index contributed by atoms with van der Waals surface area (Å²) in [5.74, 6) is 1.65. The lowest BCUT2D eigenvalue weighted by Crippen LogP contribution is -2.33. The minimum atomic E-state index is 0.00747. The van der Waals surface area contributed by atoms with Gasteiger partial charge in [-0.15, -0.1) is 0 Å². The number of nitrogens with zero attached hydrogens (tertiary/aromatic N) is 1. The molecule has 1 unspecified atom stereocenters. The topological polar surface area (TPSA) is 50.8 Å². The zero-order valence-electron chi connectivity index (χ0n) is 15.6. The molecule has 0 spiro atoms. The normalized spacial score (nSPS) is 17.1. The van der Waals surface area contributed by atoms with E-state index in [1.165, 1.54) is 0 Å². The van der Waals surface area contributed by atoms with Crippen molar-refractivity contribution in [1.29, 1.82) is 0 Å².